The monoisotopic (exact) mass is 401 g/mol. The standard InChI is InChI=1S/C21H27N3O5/c1-14-8-3-4-9-16(14)22-18(26)15(2)29-17(25)10-7-13-24-19(27)21(23-20(24)28)11-5-6-12-21/h3-4,8-9,15H,5-7,10-13H2,1-2H3,(H,22,26)(H,23,28). The average Bonchev–Trinajstić information content (AvgIpc) is 3.24. The van der Waals surface area contributed by atoms with Gasteiger partial charge in [-0.1, -0.05) is 31.0 Å². The molecule has 1 spiro atoms. The normalized spacial score (nSPS) is 18.6. The number of aryl methyl sites for hydroxylation is 1. The van der Waals surface area contributed by atoms with Crippen molar-refractivity contribution in [3.63, 3.8) is 0 Å². The van der Waals surface area contributed by atoms with Gasteiger partial charge < -0.3 is 15.4 Å². The zero-order chi connectivity index (χ0) is 21.0. The van der Waals surface area contributed by atoms with Gasteiger partial charge in [-0.3, -0.25) is 19.3 Å². The maximum Gasteiger partial charge on any atom is 0.325 e. The van der Waals surface area contributed by atoms with Crippen molar-refractivity contribution in [3.05, 3.63) is 29.8 Å². The van der Waals surface area contributed by atoms with Crippen LogP contribution >= 0.6 is 0 Å². The molecule has 1 aliphatic carbocycles. The Morgan fingerprint density at radius 2 is 1.93 bits per heavy atom. The molecule has 2 fully saturated rings. The summed E-state index contributed by atoms with van der Waals surface area (Å²) in [5, 5.41) is 5.54. The highest BCUT2D eigenvalue weighted by Gasteiger charge is 2.52. The van der Waals surface area contributed by atoms with Crippen LogP contribution in [0.5, 0.6) is 0 Å². The summed E-state index contributed by atoms with van der Waals surface area (Å²) < 4.78 is 5.18. The number of urea groups is 1. The molecule has 1 atom stereocenters. The first kappa shape index (κ1) is 20.8. The van der Waals surface area contributed by atoms with E-state index >= 15 is 0 Å². The molecule has 0 bridgehead atoms. The largest absolute Gasteiger partial charge is 0.453 e. The molecule has 1 saturated carbocycles. The zero-order valence-corrected chi connectivity index (χ0v) is 16.8. The molecular weight excluding hydrogens is 374 g/mol. The van der Waals surface area contributed by atoms with E-state index in [0.29, 0.717) is 24.9 Å². The molecule has 3 rings (SSSR count). The molecule has 1 unspecified atom stereocenters. The van der Waals surface area contributed by atoms with Crippen LogP contribution in [0.3, 0.4) is 0 Å². The molecule has 1 heterocycles. The fraction of sp³-hybridized carbons (Fsp3) is 0.524. The van der Waals surface area contributed by atoms with Crippen LogP contribution in [0.15, 0.2) is 24.3 Å². The lowest BCUT2D eigenvalue weighted by atomic mass is 9.98. The molecule has 0 radical (unpaired) electrons. The zero-order valence-electron chi connectivity index (χ0n) is 16.8. The number of esters is 1. The molecule has 2 N–H and O–H groups in total. The molecule has 156 valence electrons. The summed E-state index contributed by atoms with van der Waals surface area (Å²) in [6, 6.07) is 6.93. The van der Waals surface area contributed by atoms with Crippen molar-refractivity contribution in [1.82, 2.24) is 10.2 Å². The van der Waals surface area contributed by atoms with Crippen molar-refractivity contribution >= 4 is 29.5 Å². The lowest BCUT2D eigenvalue weighted by Crippen LogP contribution is -2.44. The second-order valence-corrected chi connectivity index (χ2v) is 7.72. The highest BCUT2D eigenvalue weighted by atomic mass is 16.5. The van der Waals surface area contributed by atoms with E-state index in [0.717, 1.165) is 18.4 Å². The third kappa shape index (κ3) is 4.58. The topological polar surface area (TPSA) is 105 Å². The van der Waals surface area contributed by atoms with Gasteiger partial charge in [-0.25, -0.2) is 4.79 Å². The van der Waals surface area contributed by atoms with Gasteiger partial charge in [-0.05, 0) is 44.7 Å². The van der Waals surface area contributed by atoms with Crippen LogP contribution < -0.4 is 10.6 Å². The Hall–Kier alpha value is -2.90. The quantitative estimate of drug-likeness (QED) is 0.540. The van der Waals surface area contributed by atoms with Gasteiger partial charge in [0.25, 0.3) is 11.8 Å². The Balaban J connectivity index is 1.43. The molecule has 8 heteroatoms. The minimum atomic E-state index is -0.944. The Morgan fingerprint density at radius 3 is 2.62 bits per heavy atom. The van der Waals surface area contributed by atoms with Crippen LogP contribution in [-0.2, 0) is 19.1 Å². The van der Waals surface area contributed by atoms with Crippen molar-refractivity contribution in [3.8, 4) is 0 Å². The van der Waals surface area contributed by atoms with Crippen LogP contribution in [0, 0.1) is 6.92 Å². The number of amides is 4. The minimum Gasteiger partial charge on any atom is -0.453 e. The van der Waals surface area contributed by atoms with Crippen molar-refractivity contribution in [2.45, 2.75) is 64.0 Å². The minimum absolute atomic E-state index is 0.0199. The first-order valence-electron chi connectivity index (χ1n) is 10.0. The summed E-state index contributed by atoms with van der Waals surface area (Å²) in [4.78, 5) is 50.1. The Labute approximate surface area is 170 Å². The SMILES string of the molecule is Cc1ccccc1NC(=O)C(C)OC(=O)CCCN1C(=O)NC2(CCCC2)C1=O. The number of ether oxygens (including phenoxy) is 1. The highest BCUT2D eigenvalue weighted by Crippen LogP contribution is 2.35. The van der Waals surface area contributed by atoms with Crippen LogP contribution in [0.1, 0.15) is 51.0 Å². The molecule has 1 aliphatic heterocycles. The molecule has 1 aromatic rings. The molecule has 0 aromatic heterocycles. The third-order valence-corrected chi connectivity index (χ3v) is 5.55. The van der Waals surface area contributed by atoms with Crippen LogP contribution in [-0.4, -0.2) is 46.9 Å². The Kier molecular flexibility index (Phi) is 6.20. The molecule has 1 saturated heterocycles. The van der Waals surface area contributed by atoms with Crippen molar-refractivity contribution in [2.75, 3.05) is 11.9 Å². The maximum atomic E-state index is 12.6. The molecular formula is C21H27N3O5. The number of hydrogen-bond acceptors (Lipinski definition) is 5. The predicted octanol–water partition coefficient (Wildman–Crippen LogP) is 2.51. The number of rotatable bonds is 7. The van der Waals surface area contributed by atoms with Gasteiger partial charge in [0.2, 0.25) is 0 Å². The van der Waals surface area contributed by atoms with Crippen molar-refractivity contribution < 1.29 is 23.9 Å². The van der Waals surface area contributed by atoms with E-state index in [9.17, 15) is 19.2 Å². The second kappa shape index (κ2) is 8.63. The lowest BCUT2D eigenvalue weighted by molar-refractivity contribution is -0.153. The van der Waals surface area contributed by atoms with Crippen molar-refractivity contribution in [1.29, 1.82) is 0 Å². The van der Waals surface area contributed by atoms with Crippen LogP contribution in [0.4, 0.5) is 10.5 Å². The van der Waals surface area contributed by atoms with Gasteiger partial charge in [0.15, 0.2) is 6.10 Å². The van der Waals surface area contributed by atoms with Crippen molar-refractivity contribution in [2.24, 2.45) is 0 Å². The Bertz CT molecular complexity index is 816. The number of para-hydroxylation sites is 1. The highest BCUT2D eigenvalue weighted by molar-refractivity contribution is 6.07. The van der Waals surface area contributed by atoms with Gasteiger partial charge >= 0.3 is 12.0 Å². The summed E-state index contributed by atoms with van der Waals surface area (Å²) in [7, 11) is 0. The van der Waals surface area contributed by atoms with Gasteiger partial charge in [-0.2, -0.15) is 0 Å². The van der Waals surface area contributed by atoms with Gasteiger partial charge in [0.05, 0.1) is 0 Å². The van der Waals surface area contributed by atoms with Gasteiger partial charge in [-0.15, -0.1) is 0 Å². The first-order chi connectivity index (χ1) is 13.8. The fourth-order valence-electron chi connectivity index (χ4n) is 3.84. The van der Waals surface area contributed by atoms with Gasteiger partial charge in [0.1, 0.15) is 5.54 Å². The van der Waals surface area contributed by atoms with Crippen LogP contribution in [0.25, 0.3) is 0 Å². The number of imide groups is 1. The van der Waals surface area contributed by atoms with E-state index in [1.54, 1.807) is 6.07 Å². The summed E-state index contributed by atoms with van der Waals surface area (Å²) in [5.74, 6) is -1.15. The summed E-state index contributed by atoms with van der Waals surface area (Å²) in [6.07, 6.45) is 2.56. The number of carbonyl (C=O) groups excluding carboxylic acids is 4. The second-order valence-electron chi connectivity index (χ2n) is 7.72. The molecule has 4 amide bonds. The van der Waals surface area contributed by atoms with E-state index < -0.39 is 29.6 Å². The third-order valence-electron chi connectivity index (χ3n) is 5.55. The predicted molar refractivity (Wildman–Crippen MR) is 106 cm³/mol. The molecule has 2 aliphatic rings. The molecule has 29 heavy (non-hydrogen) atoms. The van der Waals surface area contributed by atoms with E-state index in [-0.39, 0.29) is 18.9 Å². The van der Waals surface area contributed by atoms with Gasteiger partial charge in [0, 0.05) is 18.7 Å². The number of benzene rings is 1. The Morgan fingerprint density at radius 1 is 1.24 bits per heavy atom. The maximum absolute atomic E-state index is 12.6. The summed E-state index contributed by atoms with van der Waals surface area (Å²) in [6.45, 7) is 3.54. The number of carbonyl (C=O) groups is 4. The lowest BCUT2D eigenvalue weighted by Gasteiger charge is -2.20. The van der Waals surface area contributed by atoms with E-state index in [1.165, 1.54) is 11.8 Å². The number of nitrogens with one attached hydrogen (secondary N) is 2. The fourth-order valence-corrected chi connectivity index (χ4v) is 3.84. The average molecular weight is 401 g/mol. The summed E-state index contributed by atoms with van der Waals surface area (Å²) in [5.41, 5.74) is 0.840. The summed E-state index contributed by atoms with van der Waals surface area (Å²) >= 11 is 0. The van der Waals surface area contributed by atoms with Crippen LogP contribution in [0.2, 0.25) is 0 Å². The van der Waals surface area contributed by atoms with E-state index in [1.807, 2.05) is 25.1 Å². The van der Waals surface area contributed by atoms with E-state index in [4.69, 9.17) is 4.74 Å². The van der Waals surface area contributed by atoms with E-state index in [2.05, 4.69) is 10.6 Å². The molecule has 1 aromatic carbocycles. The smallest absolute Gasteiger partial charge is 0.325 e. The number of anilines is 1. The number of nitrogens with zero attached hydrogens (tertiary/aromatic N) is 1. The molecule has 8 nitrogen and oxygen atoms in total. The number of hydrogen-bond donors (Lipinski definition) is 2. The first-order valence-corrected chi connectivity index (χ1v) is 10.0.